The molecule has 0 unspecified atom stereocenters. The smallest absolute Gasteiger partial charge is 0.237 e. The number of ether oxygens (including phenoxy) is 2. The van der Waals surface area contributed by atoms with Crippen LogP contribution in [0, 0.1) is 0 Å². The lowest BCUT2D eigenvalue weighted by Crippen LogP contribution is -2.22. The average Bonchev–Trinajstić information content (AvgIpc) is 3.11. The third-order valence-corrected chi connectivity index (χ3v) is 5.81. The van der Waals surface area contributed by atoms with E-state index < -0.39 is 0 Å². The first kappa shape index (κ1) is 19.2. The number of furan rings is 1. The number of carbonyl (C=O) groups is 1. The fraction of sp³-hybridized carbons (Fsp3) is 0.174. The van der Waals surface area contributed by atoms with Crippen LogP contribution in [0.25, 0.3) is 21.9 Å². The van der Waals surface area contributed by atoms with Gasteiger partial charge in [0.1, 0.15) is 22.7 Å². The maximum absolute atomic E-state index is 12.8. The normalized spacial score (nSPS) is 12.1. The molecule has 148 valence electrons. The molecule has 0 aliphatic carbocycles. The molecule has 0 spiro atoms. The molecule has 0 aliphatic rings. The van der Waals surface area contributed by atoms with Gasteiger partial charge in [0.25, 0.3) is 0 Å². The Balaban J connectivity index is 1.56. The van der Waals surface area contributed by atoms with E-state index in [9.17, 15) is 4.79 Å². The molecule has 1 amide bonds. The maximum atomic E-state index is 12.8. The van der Waals surface area contributed by atoms with Crippen molar-refractivity contribution in [1.29, 1.82) is 0 Å². The highest BCUT2D eigenvalue weighted by Crippen LogP contribution is 2.37. The highest BCUT2D eigenvalue weighted by molar-refractivity contribution is 8.00. The second-order valence-electron chi connectivity index (χ2n) is 6.57. The Labute approximate surface area is 173 Å². The Morgan fingerprint density at radius 1 is 0.966 bits per heavy atom. The first-order valence-corrected chi connectivity index (χ1v) is 10.1. The van der Waals surface area contributed by atoms with Crippen molar-refractivity contribution in [2.45, 2.75) is 17.1 Å². The lowest BCUT2D eigenvalue weighted by Gasteiger charge is -2.14. The molecule has 1 N–H and O–H groups in total. The number of thioether (sulfide) groups is 1. The quantitative estimate of drug-likeness (QED) is 0.414. The lowest BCUT2D eigenvalue weighted by atomic mass is 10.1. The number of nitrogens with one attached hydrogen (secondary N) is 1. The van der Waals surface area contributed by atoms with E-state index in [0.717, 1.165) is 27.0 Å². The first-order valence-electron chi connectivity index (χ1n) is 9.20. The van der Waals surface area contributed by atoms with Gasteiger partial charge in [0, 0.05) is 21.7 Å². The molecular weight excluding hydrogens is 386 g/mol. The van der Waals surface area contributed by atoms with Crippen molar-refractivity contribution in [1.82, 2.24) is 0 Å². The summed E-state index contributed by atoms with van der Waals surface area (Å²) >= 11 is 1.48. The number of amides is 1. The van der Waals surface area contributed by atoms with Gasteiger partial charge < -0.3 is 19.2 Å². The summed E-state index contributed by atoms with van der Waals surface area (Å²) in [5.74, 6) is 1.27. The number of fused-ring (bicyclic) bond motifs is 3. The number of hydrogen-bond donors (Lipinski definition) is 1. The Bertz CT molecular complexity index is 1170. The van der Waals surface area contributed by atoms with Crippen molar-refractivity contribution in [3.63, 3.8) is 0 Å². The molecule has 0 fully saturated rings. The van der Waals surface area contributed by atoms with E-state index in [-0.39, 0.29) is 11.2 Å². The van der Waals surface area contributed by atoms with Crippen LogP contribution in [0.4, 0.5) is 5.69 Å². The lowest BCUT2D eigenvalue weighted by molar-refractivity contribution is -0.115. The topological polar surface area (TPSA) is 60.7 Å². The molecule has 1 atom stereocenters. The highest BCUT2D eigenvalue weighted by atomic mass is 32.2. The summed E-state index contributed by atoms with van der Waals surface area (Å²) < 4.78 is 16.6. The number of methoxy groups -OCH3 is 2. The summed E-state index contributed by atoms with van der Waals surface area (Å²) in [6.45, 7) is 1.87. The Hall–Kier alpha value is -3.12. The van der Waals surface area contributed by atoms with E-state index in [0.29, 0.717) is 17.0 Å². The molecule has 0 saturated heterocycles. The average molecular weight is 407 g/mol. The van der Waals surface area contributed by atoms with E-state index in [1.807, 2.05) is 67.6 Å². The van der Waals surface area contributed by atoms with Crippen molar-refractivity contribution in [3.05, 3.63) is 60.7 Å². The third-order valence-electron chi connectivity index (χ3n) is 4.70. The fourth-order valence-electron chi connectivity index (χ4n) is 3.16. The number of rotatable bonds is 6. The van der Waals surface area contributed by atoms with Gasteiger partial charge in [0.15, 0.2) is 0 Å². The molecule has 0 saturated carbocycles. The van der Waals surface area contributed by atoms with Crippen LogP contribution < -0.4 is 14.8 Å². The highest BCUT2D eigenvalue weighted by Gasteiger charge is 2.18. The number of anilines is 1. The van der Waals surface area contributed by atoms with Gasteiger partial charge in [-0.05, 0) is 43.3 Å². The third kappa shape index (κ3) is 3.89. The summed E-state index contributed by atoms with van der Waals surface area (Å²) in [4.78, 5) is 13.8. The zero-order valence-electron chi connectivity index (χ0n) is 16.4. The summed E-state index contributed by atoms with van der Waals surface area (Å²) in [7, 11) is 3.22. The summed E-state index contributed by atoms with van der Waals surface area (Å²) in [6.07, 6.45) is 0. The Morgan fingerprint density at radius 3 is 2.45 bits per heavy atom. The summed E-state index contributed by atoms with van der Waals surface area (Å²) in [6, 6.07) is 19.2. The van der Waals surface area contributed by atoms with Gasteiger partial charge in [0.2, 0.25) is 5.91 Å². The number of benzene rings is 3. The van der Waals surface area contributed by atoms with Gasteiger partial charge in [0.05, 0.1) is 25.2 Å². The minimum absolute atomic E-state index is 0.112. The molecule has 6 heteroatoms. The van der Waals surface area contributed by atoms with Gasteiger partial charge in [-0.3, -0.25) is 4.79 Å². The van der Waals surface area contributed by atoms with Crippen LogP contribution in [0.5, 0.6) is 11.5 Å². The molecule has 4 rings (SSSR count). The predicted octanol–water partition coefficient (Wildman–Crippen LogP) is 5.72. The summed E-state index contributed by atoms with van der Waals surface area (Å²) in [5.41, 5.74) is 2.10. The van der Waals surface area contributed by atoms with E-state index in [1.165, 1.54) is 11.8 Å². The van der Waals surface area contributed by atoms with Crippen molar-refractivity contribution in [3.8, 4) is 11.5 Å². The molecule has 0 aliphatic heterocycles. The second-order valence-corrected chi connectivity index (χ2v) is 7.99. The summed E-state index contributed by atoms with van der Waals surface area (Å²) in [5, 5.41) is 4.65. The SMILES string of the molecule is COc1ccc(S[C@@H](C)C(=O)Nc2cc3oc4ccccc4c3cc2OC)cc1. The van der Waals surface area contributed by atoms with Crippen LogP contribution in [0.1, 0.15) is 6.92 Å². The molecule has 1 aromatic heterocycles. The maximum Gasteiger partial charge on any atom is 0.237 e. The molecule has 4 aromatic rings. The zero-order chi connectivity index (χ0) is 20.4. The van der Waals surface area contributed by atoms with Crippen molar-refractivity contribution < 1.29 is 18.7 Å². The number of para-hydroxylation sites is 1. The van der Waals surface area contributed by atoms with Crippen LogP contribution in [0.15, 0.2) is 70.0 Å². The minimum Gasteiger partial charge on any atom is -0.497 e. The van der Waals surface area contributed by atoms with Crippen molar-refractivity contribution in [2.24, 2.45) is 0 Å². The Morgan fingerprint density at radius 2 is 1.72 bits per heavy atom. The number of carbonyl (C=O) groups excluding carboxylic acids is 1. The zero-order valence-corrected chi connectivity index (χ0v) is 17.2. The van der Waals surface area contributed by atoms with Gasteiger partial charge in [-0.15, -0.1) is 11.8 Å². The molecule has 3 aromatic carbocycles. The van der Waals surface area contributed by atoms with Gasteiger partial charge >= 0.3 is 0 Å². The van der Waals surface area contributed by atoms with Crippen LogP contribution in [-0.2, 0) is 4.79 Å². The van der Waals surface area contributed by atoms with Gasteiger partial charge in [-0.1, -0.05) is 18.2 Å². The van der Waals surface area contributed by atoms with Crippen LogP contribution >= 0.6 is 11.8 Å². The van der Waals surface area contributed by atoms with Crippen LogP contribution in [-0.4, -0.2) is 25.4 Å². The van der Waals surface area contributed by atoms with Gasteiger partial charge in [-0.2, -0.15) is 0 Å². The standard InChI is InChI=1S/C23H21NO4S/c1-14(29-16-10-8-15(26-2)9-11-16)23(25)24-19-13-21-18(12-22(19)27-3)17-6-4-5-7-20(17)28-21/h4-14H,1-3H3,(H,24,25)/t14-/m0/s1. The van der Waals surface area contributed by atoms with E-state index in [4.69, 9.17) is 13.9 Å². The molecule has 29 heavy (non-hydrogen) atoms. The minimum atomic E-state index is -0.292. The molecule has 1 heterocycles. The molecule has 5 nitrogen and oxygen atoms in total. The number of hydrogen-bond acceptors (Lipinski definition) is 5. The Kier molecular flexibility index (Phi) is 5.36. The first-order chi connectivity index (χ1) is 14.1. The van der Waals surface area contributed by atoms with Gasteiger partial charge in [-0.25, -0.2) is 0 Å². The van der Waals surface area contributed by atoms with E-state index >= 15 is 0 Å². The predicted molar refractivity (Wildman–Crippen MR) is 117 cm³/mol. The van der Waals surface area contributed by atoms with Crippen molar-refractivity contribution >= 4 is 45.3 Å². The van der Waals surface area contributed by atoms with Crippen molar-refractivity contribution in [2.75, 3.05) is 19.5 Å². The van der Waals surface area contributed by atoms with E-state index in [1.54, 1.807) is 14.2 Å². The van der Waals surface area contributed by atoms with Crippen LogP contribution in [0.2, 0.25) is 0 Å². The second kappa shape index (κ2) is 8.09. The van der Waals surface area contributed by atoms with Crippen LogP contribution in [0.3, 0.4) is 0 Å². The molecular formula is C23H21NO4S. The fourth-order valence-corrected chi connectivity index (χ4v) is 4.03. The molecule has 0 bridgehead atoms. The largest absolute Gasteiger partial charge is 0.497 e. The van der Waals surface area contributed by atoms with E-state index in [2.05, 4.69) is 5.32 Å². The monoisotopic (exact) mass is 407 g/mol. The molecule has 0 radical (unpaired) electrons.